The lowest BCUT2D eigenvalue weighted by molar-refractivity contribution is 0.357. The van der Waals surface area contributed by atoms with Crippen LogP contribution in [0, 0.1) is 0 Å². The van der Waals surface area contributed by atoms with Crippen LogP contribution in [-0.4, -0.2) is 39.0 Å². The van der Waals surface area contributed by atoms with Gasteiger partial charge in [0.05, 0.1) is 5.25 Å². The Morgan fingerprint density at radius 2 is 2.20 bits per heavy atom. The van der Waals surface area contributed by atoms with Crippen molar-refractivity contribution in [1.29, 1.82) is 0 Å². The van der Waals surface area contributed by atoms with Crippen molar-refractivity contribution in [1.82, 2.24) is 15.5 Å². The van der Waals surface area contributed by atoms with E-state index in [1.807, 2.05) is 23.5 Å². The Morgan fingerprint density at radius 1 is 1.40 bits per heavy atom. The number of nitrogens with zero attached hydrogens (tertiary/aromatic N) is 2. The molecule has 1 fully saturated rings. The van der Waals surface area contributed by atoms with E-state index in [9.17, 15) is 0 Å². The highest BCUT2D eigenvalue weighted by Gasteiger charge is 2.29. The van der Waals surface area contributed by atoms with Gasteiger partial charge in [0, 0.05) is 28.7 Å². The van der Waals surface area contributed by atoms with Crippen molar-refractivity contribution >= 4 is 23.5 Å². The van der Waals surface area contributed by atoms with Crippen LogP contribution in [-0.2, 0) is 6.42 Å². The predicted octanol–water partition coefficient (Wildman–Crippen LogP) is 3.30. The highest BCUT2D eigenvalue weighted by molar-refractivity contribution is 8.07. The SMILES string of the molecule is CCCNC(C)Cc1nc(C2CSC(C)C(C)S2)no1. The second-order valence-corrected chi connectivity index (χ2v) is 8.47. The summed E-state index contributed by atoms with van der Waals surface area (Å²) in [5.41, 5.74) is 0. The van der Waals surface area contributed by atoms with Crippen LogP contribution in [0.1, 0.15) is 51.1 Å². The molecule has 0 saturated carbocycles. The summed E-state index contributed by atoms with van der Waals surface area (Å²) in [6, 6.07) is 0.385. The zero-order valence-electron chi connectivity index (χ0n) is 12.8. The summed E-state index contributed by atoms with van der Waals surface area (Å²) >= 11 is 3.98. The van der Waals surface area contributed by atoms with Crippen molar-refractivity contribution in [3.63, 3.8) is 0 Å². The normalized spacial score (nSPS) is 28.5. The molecule has 2 rings (SSSR count). The summed E-state index contributed by atoms with van der Waals surface area (Å²) in [6.45, 7) is 9.94. The smallest absolute Gasteiger partial charge is 0.228 e. The molecule has 0 radical (unpaired) electrons. The maximum Gasteiger partial charge on any atom is 0.228 e. The molecule has 1 aliphatic rings. The molecule has 114 valence electrons. The first-order valence-corrected chi connectivity index (χ1v) is 9.42. The number of hydrogen-bond acceptors (Lipinski definition) is 6. The molecule has 4 atom stereocenters. The molecule has 4 unspecified atom stereocenters. The number of rotatable bonds is 6. The molecule has 6 heteroatoms. The van der Waals surface area contributed by atoms with E-state index in [0.717, 1.165) is 36.9 Å². The molecule has 0 bridgehead atoms. The summed E-state index contributed by atoms with van der Waals surface area (Å²) in [4.78, 5) is 4.59. The number of nitrogens with one attached hydrogen (secondary N) is 1. The van der Waals surface area contributed by atoms with Crippen LogP contribution in [0.2, 0.25) is 0 Å². The van der Waals surface area contributed by atoms with E-state index in [1.165, 1.54) is 0 Å². The van der Waals surface area contributed by atoms with Gasteiger partial charge >= 0.3 is 0 Å². The molecule has 1 N–H and O–H groups in total. The van der Waals surface area contributed by atoms with E-state index < -0.39 is 0 Å². The number of hydrogen-bond donors (Lipinski definition) is 1. The van der Waals surface area contributed by atoms with Crippen LogP contribution in [0.3, 0.4) is 0 Å². The van der Waals surface area contributed by atoms with Crippen LogP contribution < -0.4 is 5.32 Å². The Morgan fingerprint density at radius 3 is 2.90 bits per heavy atom. The van der Waals surface area contributed by atoms with E-state index in [1.54, 1.807) is 0 Å². The molecule has 1 saturated heterocycles. The van der Waals surface area contributed by atoms with Crippen molar-refractivity contribution in [3.05, 3.63) is 11.7 Å². The summed E-state index contributed by atoms with van der Waals surface area (Å²) in [5.74, 6) is 2.71. The van der Waals surface area contributed by atoms with Gasteiger partial charge in [-0.2, -0.15) is 16.7 Å². The summed E-state index contributed by atoms with van der Waals surface area (Å²) in [5, 5.41) is 9.36. The van der Waals surface area contributed by atoms with Crippen LogP contribution in [0.4, 0.5) is 0 Å². The van der Waals surface area contributed by atoms with Gasteiger partial charge < -0.3 is 9.84 Å². The fraction of sp³-hybridized carbons (Fsp3) is 0.857. The Bertz CT molecular complexity index is 413. The third-order valence-corrected chi connectivity index (χ3v) is 6.93. The molecule has 0 aliphatic carbocycles. The van der Waals surface area contributed by atoms with Crippen molar-refractivity contribution in [2.24, 2.45) is 0 Å². The molecule has 4 nitrogen and oxygen atoms in total. The highest BCUT2D eigenvalue weighted by atomic mass is 32.2. The molecule has 1 aromatic heterocycles. The van der Waals surface area contributed by atoms with Crippen LogP contribution in [0.15, 0.2) is 4.52 Å². The minimum absolute atomic E-state index is 0.377. The van der Waals surface area contributed by atoms with Gasteiger partial charge in [0.15, 0.2) is 5.82 Å². The topological polar surface area (TPSA) is 51.0 Å². The summed E-state index contributed by atoms with van der Waals surface area (Å²) in [7, 11) is 0. The Kier molecular flexibility index (Phi) is 6.23. The summed E-state index contributed by atoms with van der Waals surface area (Å²) < 4.78 is 5.41. The van der Waals surface area contributed by atoms with Crippen molar-refractivity contribution in [2.45, 2.75) is 62.3 Å². The fourth-order valence-corrected chi connectivity index (χ4v) is 4.96. The molecule has 1 aliphatic heterocycles. The van der Waals surface area contributed by atoms with E-state index in [0.29, 0.717) is 21.8 Å². The average Bonchev–Trinajstić information content (AvgIpc) is 2.88. The number of thioether (sulfide) groups is 2. The molecule has 0 amide bonds. The lowest BCUT2D eigenvalue weighted by atomic mass is 10.2. The fourth-order valence-electron chi connectivity index (χ4n) is 2.13. The van der Waals surface area contributed by atoms with E-state index in [-0.39, 0.29) is 0 Å². The van der Waals surface area contributed by atoms with Gasteiger partial charge in [0.25, 0.3) is 0 Å². The Labute approximate surface area is 130 Å². The van der Waals surface area contributed by atoms with Crippen molar-refractivity contribution < 1.29 is 4.52 Å². The maximum absolute atomic E-state index is 5.41. The van der Waals surface area contributed by atoms with Crippen LogP contribution in [0.25, 0.3) is 0 Å². The van der Waals surface area contributed by atoms with Crippen LogP contribution >= 0.6 is 23.5 Å². The van der Waals surface area contributed by atoms with Gasteiger partial charge in [0.1, 0.15) is 0 Å². The molecule has 1 aromatic rings. The first kappa shape index (κ1) is 16.2. The van der Waals surface area contributed by atoms with Gasteiger partial charge in [-0.1, -0.05) is 25.9 Å². The lowest BCUT2D eigenvalue weighted by Gasteiger charge is -2.29. The second-order valence-electron chi connectivity index (χ2n) is 5.47. The van der Waals surface area contributed by atoms with E-state index >= 15 is 0 Å². The number of aromatic nitrogens is 2. The maximum atomic E-state index is 5.41. The third-order valence-electron chi connectivity index (χ3n) is 3.55. The van der Waals surface area contributed by atoms with Gasteiger partial charge in [0.2, 0.25) is 5.89 Å². The largest absolute Gasteiger partial charge is 0.339 e. The summed E-state index contributed by atoms with van der Waals surface area (Å²) in [6.07, 6.45) is 1.95. The molecular formula is C14H25N3OS2. The van der Waals surface area contributed by atoms with Crippen molar-refractivity contribution in [3.8, 4) is 0 Å². The molecule has 20 heavy (non-hydrogen) atoms. The molecule has 2 heterocycles. The minimum Gasteiger partial charge on any atom is -0.339 e. The van der Waals surface area contributed by atoms with Gasteiger partial charge in [-0.05, 0) is 19.9 Å². The van der Waals surface area contributed by atoms with Gasteiger partial charge in [-0.25, -0.2) is 0 Å². The quantitative estimate of drug-likeness (QED) is 0.869. The second kappa shape index (κ2) is 7.71. The third kappa shape index (κ3) is 4.40. The highest BCUT2D eigenvalue weighted by Crippen LogP contribution is 2.43. The average molecular weight is 316 g/mol. The minimum atomic E-state index is 0.377. The van der Waals surface area contributed by atoms with Crippen molar-refractivity contribution in [2.75, 3.05) is 12.3 Å². The first-order valence-electron chi connectivity index (χ1n) is 7.43. The monoisotopic (exact) mass is 315 g/mol. The Hall–Kier alpha value is -0.200. The lowest BCUT2D eigenvalue weighted by Crippen LogP contribution is -2.28. The molecular weight excluding hydrogens is 290 g/mol. The molecule has 0 spiro atoms. The van der Waals surface area contributed by atoms with Gasteiger partial charge in [-0.15, -0.1) is 11.8 Å². The molecule has 0 aromatic carbocycles. The Balaban J connectivity index is 1.88. The van der Waals surface area contributed by atoms with Crippen LogP contribution in [0.5, 0.6) is 0 Å². The zero-order valence-corrected chi connectivity index (χ0v) is 14.4. The van der Waals surface area contributed by atoms with E-state index in [4.69, 9.17) is 4.52 Å². The van der Waals surface area contributed by atoms with Gasteiger partial charge in [-0.3, -0.25) is 0 Å². The standard InChI is InChI=1S/C14H25N3OS2/c1-5-6-15-9(2)7-13-16-14(17-18-13)12-8-19-10(3)11(4)20-12/h9-12,15H,5-8H2,1-4H3. The zero-order chi connectivity index (χ0) is 14.5. The first-order chi connectivity index (χ1) is 9.60. The predicted molar refractivity (Wildman–Crippen MR) is 87.5 cm³/mol. The van der Waals surface area contributed by atoms with E-state index in [2.05, 4.69) is 43.2 Å².